The first kappa shape index (κ1) is 22.8. The second kappa shape index (κ2) is 9.50. The zero-order valence-electron chi connectivity index (χ0n) is 17.7. The van der Waals surface area contributed by atoms with Crippen LogP contribution >= 0.6 is 11.6 Å². The summed E-state index contributed by atoms with van der Waals surface area (Å²) in [4.78, 5) is 13.1. The Kier molecular flexibility index (Phi) is 7.22. The maximum absolute atomic E-state index is 13.4. The molecule has 1 saturated carbocycles. The number of hydrogen-bond acceptors (Lipinski definition) is 3. The highest BCUT2D eigenvalue weighted by atomic mass is 35.5. The van der Waals surface area contributed by atoms with Crippen molar-refractivity contribution in [2.75, 3.05) is 11.9 Å². The molecule has 0 atom stereocenters. The van der Waals surface area contributed by atoms with Crippen molar-refractivity contribution in [3.05, 3.63) is 58.1 Å². The fourth-order valence-electron chi connectivity index (χ4n) is 4.22. The number of aryl methyl sites for hydroxylation is 3. The van der Waals surface area contributed by atoms with Gasteiger partial charge in [-0.15, -0.1) is 0 Å². The number of rotatable bonds is 6. The van der Waals surface area contributed by atoms with Gasteiger partial charge in [0.1, 0.15) is 0 Å². The predicted molar refractivity (Wildman–Crippen MR) is 121 cm³/mol. The average molecular weight is 449 g/mol. The van der Waals surface area contributed by atoms with Crippen molar-refractivity contribution in [2.24, 2.45) is 0 Å². The van der Waals surface area contributed by atoms with E-state index in [1.807, 2.05) is 32.9 Å². The van der Waals surface area contributed by atoms with Crippen molar-refractivity contribution >= 4 is 33.2 Å². The van der Waals surface area contributed by atoms with Gasteiger partial charge in [0.2, 0.25) is 15.9 Å². The molecule has 2 aromatic rings. The Bertz CT molecular complexity index is 990. The van der Waals surface area contributed by atoms with Gasteiger partial charge in [0, 0.05) is 16.8 Å². The van der Waals surface area contributed by atoms with Gasteiger partial charge in [0.15, 0.2) is 0 Å². The predicted octanol–water partition coefficient (Wildman–Crippen LogP) is 5.23. The summed E-state index contributed by atoms with van der Waals surface area (Å²) in [5, 5.41) is 3.42. The number of benzene rings is 2. The van der Waals surface area contributed by atoms with Crippen LogP contribution in [0.5, 0.6) is 0 Å². The number of carbonyl (C=O) groups is 1. The van der Waals surface area contributed by atoms with Crippen molar-refractivity contribution in [1.82, 2.24) is 4.31 Å². The Hall–Kier alpha value is -1.89. The summed E-state index contributed by atoms with van der Waals surface area (Å²) >= 11 is 5.93. The summed E-state index contributed by atoms with van der Waals surface area (Å²) in [6.07, 6.45) is 4.56. The lowest BCUT2D eigenvalue weighted by Gasteiger charge is -2.33. The number of halogens is 1. The molecule has 0 unspecified atom stereocenters. The summed E-state index contributed by atoms with van der Waals surface area (Å²) < 4.78 is 28.2. The van der Waals surface area contributed by atoms with Gasteiger partial charge in [-0.2, -0.15) is 4.31 Å². The molecule has 0 saturated heterocycles. The number of carbonyl (C=O) groups excluding carboxylic acids is 1. The van der Waals surface area contributed by atoms with Crippen LogP contribution in [-0.2, 0) is 14.8 Å². The standard InChI is InChI=1S/C23H29ClN2O3S/c1-16-13-17(2)23(18(3)14-16)25-22(27)15-26(20-7-5-4-6-8-20)30(28,29)21-11-9-19(24)10-12-21/h9-14,20H,4-8,15H2,1-3H3,(H,25,27). The van der Waals surface area contributed by atoms with Crippen LogP contribution in [0.2, 0.25) is 5.02 Å². The molecule has 0 radical (unpaired) electrons. The average Bonchev–Trinajstić information content (AvgIpc) is 2.70. The van der Waals surface area contributed by atoms with Crippen LogP contribution in [-0.4, -0.2) is 31.2 Å². The Morgan fingerprint density at radius 3 is 2.17 bits per heavy atom. The van der Waals surface area contributed by atoms with Crippen molar-refractivity contribution in [2.45, 2.75) is 63.8 Å². The highest BCUT2D eigenvalue weighted by molar-refractivity contribution is 7.89. The van der Waals surface area contributed by atoms with E-state index in [1.54, 1.807) is 12.1 Å². The van der Waals surface area contributed by atoms with Crippen LogP contribution in [0, 0.1) is 20.8 Å². The van der Waals surface area contributed by atoms with Gasteiger partial charge < -0.3 is 5.32 Å². The molecule has 30 heavy (non-hydrogen) atoms. The molecule has 162 valence electrons. The second-order valence-electron chi connectivity index (χ2n) is 8.12. The van der Waals surface area contributed by atoms with Gasteiger partial charge in [0.05, 0.1) is 11.4 Å². The summed E-state index contributed by atoms with van der Waals surface area (Å²) in [6, 6.07) is 9.96. The van der Waals surface area contributed by atoms with E-state index in [0.29, 0.717) is 5.02 Å². The number of nitrogens with zero attached hydrogens (tertiary/aromatic N) is 1. The molecule has 1 aliphatic rings. The van der Waals surface area contributed by atoms with Crippen LogP contribution in [0.3, 0.4) is 0 Å². The Balaban J connectivity index is 1.87. The molecule has 0 heterocycles. The quantitative estimate of drug-likeness (QED) is 0.658. The molecular formula is C23H29ClN2O3S. The van der Waals surface area contributed by atoms with E-state index >= 15 is 0 Å². The molecule has 0 spiro atoms. The first-order valence-corrected chi connectivity index (χ1v) is 12.2. The third-order valence-electron chi connectivity index (χ3n) is 5.64. The molecule has 0 aliphatic heterocycles. The first-order chi connectivity index (χ1) is 14.2. The molecule has 1 N–H and O–H groups in total. The van der Waals surface area contributed by atoms with E-state index in [4.69, 9.17) is 11.6 Å². The molecule has 5 nitrogen and oxygen atoms in total. The lowest BCUT2D eigenvalue weighted by Crippen LogP contribution is -2.45. The van der Waals surface area contributed by atoms with Gasteiger partial charge >= 0.3 is 0 Å². The van der Waals surface area contributed by atoms with E-state index < -0.39 is 10.0 Å². The van der Waals surface area contributed by atoms with Crippen LogP contribution in [0.25, 0.3) is 0 Å². The molecule has 1 aliphatic carbocycles. The molecule has 0 bridgehead atoms. The van der Waals surface area contributed by atoms with Crippen molar-refractivity contribution in [3.8, 4) is 0 Å². The topological polar surface area (TPSA) is 66.5 Å². The zero-order chi connectivity index (χ0) is 21.9. The smallest absolute Gasteiger partial charge is 0.243 e. The van der Waals surface area contributed by atoms with Gasteiger partial charge in [-0.25, -0.2) is 8.42 Å². The third-order valence-corrected chi connectivity index (χ3v) is 7.81. The van der Waals surface area contributed by atoms with Crippen molar-refractivity contribution < 1.29 is 13.2 Å². The molecule has 3 rings (SSSR count). The molecule has 1 fully saturated rings. The minimum absolute atomic E-state index is 0.160. The summed E-state index contributed by atoms with van der Waals surface area (Å²) in [6.45, 7) is 5.69. The molecule has 2 aromatic carbocycles. The van der Waals surface area contributed by atoms with Crippen molar-refractivity contribution in [3.63, 3.8) is 0 Å². The summed E-state index contributed by atoms with van der Waals surface area (Å²) in [7, 11) is -3.82. The maximum atomic E-state index is 13.4. The van der Waals surface area contributed by atoms with Crippen LogP contribution in [0.15, 0.2) is 41.3 Å². The van der Waals surface area contributed by atoms with E-state index in [-0.39, 0.29) is 23.4 Å². The van der Waals surface area contributed by atoms with E-state index in [0.717, 1.165) is 54.5 Å². The fourth-order valence-corrected chi connectivity index (χ4v) is 5.99. The normalized spacial score (nSPS) is 15.4. The van der Waals surface area contributed by atoms with Crippen molar-refractivity contribution in [1.29, 1.82) is 0 Å². The Labute approximate surface area is 184 Å². The highest BCUT2D eigenvalue weighted by Gasteiger charge is 2.34. The molecule has 7 heteroatoms. The molecule has 0 aromatic heterocycles. The second-order valence-corrected chi connectivity index (χ2v) is 10.4. The van der Waals surface area contributed by atoms with Crippen LogP contribution in [0.4, 0.5) is 5.69 Å². The number of anilines is 1. The third kappa shape index (κ3) is 5.23. The summed E-state index contributed by atoms with van der Waals surface area (Å²) in [5.41, 5.74) is 3.80. The van der Waals surface area contributed by atoms with Gasteiger partial charge in [0.25, 0.3) is 0 Å². The van der Waals surface area contributed by atoms with Gasteiger partial charge in [-0.05, 0) is 69.0 Å². The minimum Gasteiger partial charge on any atom is -0.324 e. The monoisotopic (exact) mass is 448 g/mol. The highest BCUT2D eigenvalue weighted by Crippen LogP contribution is 2.29. The lowest BCUT2D eigenvalue weighted by atomic mass is 9.95. The summed E-state index contributed by atoms with van der Waals surface area (Å²) in [5.74, 6) is -0.326. The van der Waals surface area contributed by atoms with Gasteiger partial charge in [-0.1, -0.05) is 48.6 Å². The fraction of sp³-hybridized carbons (Fsp3) is 0.435. The maximum Gasteiger partial charge on any atom is 0.243 e. The van der Waals surface area contributed by atoms with Crippen LogP contribution < -0.4 is 5.32 Å². The molecule has 1 amide bonds. The Morgan fingerprint density at radius 1 is 1.03 bits per heavy atom. The zero-order valence-corrected chi connectivity index (χ0v) is 19.3. The molecular weight excluding hydrogens is 420 g/mol. The van der Waals surface area contributed by atoms with E-state index in [9.17, 15) is 13.2 Å². The van der Waals surface area contributed by atoms with E-state index in [1.165, 1.54) is 16.4 Å². The van der Waals surface area contributed by atoms with E-state index in [2.05, 4.69) is 5.32 Å². The minimum atomic E-state index is -3.82. The first-order valence-electron chi connectivity index (χ1n) is 10.3. The number of nitrogens with one attached hydrogen (secondary N) is 1. The number of hydrogen-bond donors (Lipinski definition) is 1. The SMILES string of the molecule is Cc1cc(C)c(NC(=O)CN(C2CCCCC2)S(=O)(=O)c2ccc(Cl)cc2)c(C)c1. The number of amides is 1. The largest absolute Gasteiger partial charge is 0.324 e. The number of sulfonamides is 1. The van der Waals surface area contributed by atoms with Crippen LogP contribution in [0.1, 0.15) is 48.8 Å². The Morgan fingerprint density at radius 2 is 1.60 bits per heavy atom. The lowest BCUT2D eigenvalue weighted by molar-refractivity contribution is -0.116. The van der Waals surface area contributed by atoms with Gasteiger partial charge in [-0.3, -0.25) is 4.79 Å².